The monoisotopic (exact) mass is 386 g/mol. The van der Waals surface area contributed by atoms with Gasteiger partial charge in [-0.25, -0.2) is 0 Å². The van der Waals surface area contributed by atoms with E-state index in [1.807, 2.05) is 32.0 Å². The molecule has 2 aliphatic carbocycles. The predicted octanol–water partition coefficient (Wildman–Crippen LogP) is 3.07. The number of amides is 2. The van der Waals surface area contributed by atoms with Gasteiger partial charge in [-0.15, -0.1) is 0 Å². The summed E-state index contributed by atoms with van der Waals surface area (Å²) in [5.41, 5.74) is 2.71. The van der Waals surface area contributed by atoms with Crippen LogP contribution in [0.3, 0.4) is 0 Å². The number of carbonyl (C=O) groups is 3. The van der Waals surface area contributed by atoms with Crippen molar-refractivity contribution in [1.82, 2.24) is 4.90 Å². The normalized spacial score (nSPS) is 22.8. The highest BCUT2D eigenvalue weighted by Gasteiger charge is 2.40. The van der Waals surface area contributed by atoms with E-state index >= 15 is 0 Å². The molecule has 2 fully saturated rings. The minimum Gasteiger partial charge on any atom is -0.456 e. The Balaban J connectivity index is 1.40. The molecule has 3 rings (SSSR count). The van der Waals surface area contributed by atoms with Crippen LogP contribution in [0.25, 0.3) is 0 Å². The van der Waals surface area contributed by atoms with Gasteiger partial charge in [-0.1, -0.05) is 24.6 Å². The highest BCUT2D eigenvalue weighted by Crippen LogP contribution is 2.49. The molecule has 6 heteroatoms. The van der Waals surface area contributed by atoms with Gasteiger partial charge in [-0.2, -0.15) is 0 Å². The maximum absolute atomic E-state index is 12.3. The van der Waals surface area contributed by atoms with E-state index in [0.717, 1.165) is 29.2 Å². The summed E-state index contributed by atoms with van der Waals surface area (Å²) in [7, 11) is 1.54. The van der Waals surface area contributed by atoms with Gasteiger partial charge < -0.3 is 15.0 Å². The minimum atomic E-state index is -0.377. The average Bonchev–Trinajstić information content (AvgIpc) is 3.25. The number of para-hydroxylation sites is 1. The number of aryl methyl sites for hydroxylation is 2. The summed E-state index contributed by atoms with van der Waals surface area (Å²) >= 11 is 0. The van der Waals surface area contributed by atoms with Crippen molar-refractivity contribution >= 4 is 23.5 Å². The van der Waals surface area contributed by atoms with Crippen molar-refractivity contribution in [3.8, 4) is 0 Å². The van der Waals surface area contributed by atoms with Crippen molar-refractivity contribution in [2.24, 2.45) is 17.8 Å². The topological polar surface area (TPSA) is 75.7 Å². The molecule has 2 bridgehead atoms. The molecule has 0 heterocycles. The SMILES string of the molecule is Cc1cccc(C)c1NC(=O)CN(C)C(=O)COC(=O)C[C@@H]1C[C@@H]2CC[C@@H]1C2. The van der Waals surface area contributed by atoms with Crippen molar-refractivity contribution in [2.45, 2.75) is 46.0 Å². The third kappa shape index (κ3) is 4.91. The highest BCUT2D eigenvalue weighted by molar-refractivity contribution is 5.96. The van der Waals surface area contributed by atoms with Gasteiger partial charge in [0.25, 0.3) is 5.91 Å². The third-order valence-corrected chi connectivity index (χ3v) is 6.22. The Labute approximate surface area is 166 Å². The second kappa shape index (κ2) is 8.76. The maximum atomic E-state index is 12.3. The molecule has 152 valence electrons. The van der Waals surface area contributed by atoms with Crippen LogP contribution in [0.4, 0.5) is 5.69 Å². The fourth-order valence-electron chi connectivity index (χ4n) is 4.65. The minimum absolute atomic E-state index is 0.0868. The largest absolute Gasteiger partial charge is 0.456 e. The van der Waals surface area contributed by atoms with Crippen LogP contribution in [0, 0.1) is 31.6 Å². The molecule has 0 aliphatic heterocycles. The molecule has 0 unspecified atom stereocenters. The second-order valence-corrected chi connectivity index (χ2v) is 8.36. The van der Waals surface area contributed by atoms with E-state index in [0.29, 0.717) is 18.3 Å². The molecule has 1 aromatic rings. The number of fused-ring (bicyclic) bond motifs is 2. The van der Waals surface area contributed by atoms with Crippen LogP contribution in [-0.4, -0.2) is 42.9 Å². The number of anilines is 1. The smallest absolute Gasteiger partial charge is 0.306 e. The first-order valence-corrected chi connectivity index (χ1v) is 10.1. The number of carbonyl (C=O) groups excluding carboxylic acids is 3. The lowest BCUT2D eigenvalue weighted by Gasteiger charge is -2.21. The fourth-order valence-corrected chi connectivity index (χ4v) is 4.65. The molecule has 0 saturated heterocycles. The summed E-state index contributed by atoms with van der Waals surface area (Å²) < 4.78 is 5.17. The molecular formula is C22H30N2O4. The zero-order valence-corrected chi connectivity index (χ0v) is 17.0. The molecule has 2 amide bonds. The zero-order valence-electron chi connectivity index (χ0n) is 17.0. The van der Waals surface area contributed by atoms with Gasteiger partial charge in [0, 0.05) is 19.2 Å². The average molecular weight is 386 g/mol. The molecule has 0 spiro atoms. The summed E-state index contributed by atoms with van der Waals surface area (Å²) in [5.74, 6) is 0.900. The number of hydrogen-bond donors (Lipinski definition) is 1. The van der Waals surface area contributed by atoms with Crippen LogP contribution in [-0.2, 0) is 19.1 Å². The Morgan fingerprint density at radius 2 is 1.86 bits per heavy atom. The quantitative estimate of drug-likeness (QED) is 0.731. The standard InChI is InChI=1S/C22H30N2O4/c1-14-5-4-6-15(2)22(14)23-19(25)12-24(3)20(26)13-28-21(27)11-18-10-16-7-8-17(18)9-16/h4-6,16-18H,7-13H2,1-3H3,(H,23,25)/t16-,17-,18+/m1/s1. The first kappa shape index (κ1) is 20.4. The first-order valence-electron chi connectivity index (χ1n) is 10.1. The van der Waals surface area contributed by atoms with Crippen molar-refractivity contribution in [1.29, 1.82) is 0 Å². The van der Waals surface area contributed by atoms with Gasteiger partial charge in [0.2, 0.25) is 5.91 Å². The molecule has 2 saturated carbocycles. The number of nitrogens with one attached hydrogen (secondary N) is 1. The van der Waals surface area contributed by atoms with E-state index in [4.69, 9.17) is 4.74 Å². The summed E-state index contributed by atoms with van der Waals surface area (Å²) in [5, 5.41) is 2.85. The van der Waals surface area contributed by atoms with Crippen LogP contribution in [0.1, 0.15) is 43.2 Å². The predicted molar refractivity (Wildman–Crippen MR) is 107 cm³/mol. The van der Waals surface area contributed by atoms with Crippen LogP contribution in [0.15, 0.2) is 18.2 Å². The molecule has 2 aliphatic rings. The van der Waals surface area contributed by atoms with Gasteiger partial charge in [0.1, 0.15) is 0 Å². The number of hydrogen-bond acceptors (Lipinski definition) is 4. The summed E-state index contributed by atoms with van der Waals surface area (Å²) in [6, 6.07) is 5.78. The number of rotatable bonds is 7. The van der Waals surface area contributed by atoms with Gasteiger partial charge in [0.15, 0.2) is 6.61 Å². The van der Waals surface area contributed by atoms with Gasteiger partial charge in [-0.05, 0) is 62.0 Å². The Morgan fingerprint density at radius 1 is 1.14 bits per heavy atom. The Morgan fingerprint density at radius 3 is 2.46 bits per heavy atom. The van der Waals surface area contributed by atoms with Crippen LogP contribution < -0.4 is 5.32 Å². The van der Waals surface area contributed by atoms with Gasteiger partial charge in [0.05, 0.1) is 6.54 Å². The lowest BCUT2D eigenvalue weighted by Crippen LogP contribution is -2.37. The number of likely N-dealkylation sites (N-methyl/N-ethyl adjacent to an activating group) is 1. The Bertz CT molecular complexity index is 741. The molecule has 6 nitrogen and oxygen atoms in total. The van der Waals surface area contributed by atoms with Crippen LogP contribution in [0.2, 0.25) is 0 Å². The van der Waals surface area contributed by atoms with Crippen molar-refractivity contribution in [2.75, 3.05) is 25.5 Å². The summed E-state index contributed by atoms with van der Waals surface area (Å²) in [4.78, 5) is 37.8. The van der Waals surface area contributed by atoms with E-state index in [1.165, 1.54) is 31.2 Å². The number of ether oxygens (including phenoxy) is 1. The number of nitrogens with zero attached hydrogens (tertiary/aromatic N) is 1. The molecule has 0 aromatic heterocycles. The maximum Gasteiger partial charge on any atom is 0.306 e. The first-order chi connectivity index (χ1) is 13.3. The number of esters is 1. The van der Waals surface area contributed by atoms with E-state index in [2.05, 4.69) is 5.32 Å². The van der Waals surface area contributed by atoms with Crippen LogP contribution >= 0.6 is 0 Å². The molecule has 1 N–H and O–H groups in total. The third-order valence-electron chi connectivity index (χ3n) is 6.22. The molecule has 3 atom stereocenters. The molecule has 0 radical (unpaired) electrons. The fraction of sp³-hybridized carbons (Fsp3) is 0.591. The van der Waals surface area contributed by atoms with E-state index < -0.39 is 0 Å². The van der Waals surface area contributed by atoms with Crippen molar-refractivity contribution < 1.29 is 19.1 Å². The van der Waals surface area contributed by atoms with E-state index in [1.54, 1.807) is 0 Å². The van der Waals surface area contributed by atoms with E-state index in [9.17, 15) is 14.4 Å². The van der Waals surface area contributed by atoms with Crippen LogP contribution in [0.5, 0.6) is 0 Å². The lowest BCUT2D eigenvalue weighted by molar-refractivity contribution is -0.152. The van der Waals surface area contributed by atoms with Crippen molar-refractivity contribution in [3.63, 3.8) is 0 Å². The molecule has 1 aromatic carbocycles. The lowest BCUT2D eigenvalue weighted by atomic mass is 9.86. The number of benzene rings is 1. The van der Waals surface area contributed by atoms with E-state index in [-0.39, 0.29) is 30.9 Å². The Kier molecular flexibility index (Phi) is 6.37. The highest BCUT2D eigenvalue weighted by atomic mass is 16.5. The van der Waals surface area contributed by atoms with Crippen molar-refractivity contribution in [3.05, 3.63) is 29.3 Å². The molecule has 28 heavy (non-hydrogen) atoms. The summed E-state index contributed by atoms with van der Waals surface area (Å²) in [6.45, 7) is 3.45. The van der Waals surface area contributed by atoms with Gasteiger partial charge in [-0.3, -0.25) is 14.4 Å². The summed E-state index contributed by atoms with van der Waals surface area (Å²) in [6.07, 6.45) is 5.29. The second-order valence-electron chi connectivity index (χ2n) is 8.36. The Hall–Kier alpha value is -2.37. The zero-order chi connectivity index (χ0) is 20.3. The molecular weight excluding hydrogens is 356 g/mol. The van der Waals surface area contributed by atoms with Gasteiger partial charge >= 0.3 is 5.97 Å².